The van der Waals surface area contributed by atoms with Gasteiger partial charge in [0.1, 0.15) is 11.6 Å². The Morgan fingerprint density at radius 3 is 2.38 bits per heavy atom. The molecule has 0 radical (unpaired) electrons. The second-order valence-electron chi connectivity index (χ2n) is 10.2. The van der Waals surface area contributed by atoms with Crippen LogP contribution in [0.4, 0.5) is 17.6 Å². The summed E-state index contributed by atoms with van der Waals surface area (Å²) in [6.45, 7) is 2.60. The first-order valence-electron chi connectivity index (χ1n) is 12.9. The number of carboxylic acid groups (broad SMARTS) is 1. The Balaban J connectivity index is 0.00000370. The molecule has 0 bridgehead atoms. The Morgan fingerprint density at radius 1 is 1.02 bits per heavy atom. The number of hydrogen-bond acceptors (Lipinski definition) is 4. The van der Waals surface area contributed by atoms with Gasteiger partial charge in [0.05, 0.1) is 18.6 Å². The average Bonchev–Trinajstić information content (AvgIpc) is 3.19. The molecule has 7 nitrogen and oxygen atoms in total. The fourth-order valence-corrected chi connectivity index (χ4v) is 5.71. The molecule has 12 heteroatoms. The van der Waals surface area contributed by atoms with E-state index in [9.17, 15) is 22.8 Å². The van der Waals surface area contributed by atoms with E-state index in [2.05, 4.69) is 9.64 Å². The van der Waals surface area contributed by atoms with Gasteiger partial charge >= 0.3 is 12.3 Å². The fourth-order valence-electron chi connectivity index (χ4n) is 5.71. The van der Waals surface area contributed by atoms with Gasteiger partial charge < -0.3 is 19.3 Å². The molecule has 40 heavy (non-hydrogen) atoms. The number of fused-ring (bicyclic) bond motifs is 3. The summed E-state index contributed by atoms with van der Waals surface area (Å²) in [4.78, 5) is 28.0. The number of para-hydroxylation sites is 1. The maximum atomic E-state index is 15.1. The summed E-state index contributed by atoms with van der Waals surface area (Å²) < 4.78 is 58.5. The minimum absolute atomic E-state index is 0. The fraction of sp³-hybridized carbons (Fsp3) is 0.429. The Kier molecular flexibility index (Phi) is 8.94. The number of ether oxygens (including phenoxy) is 1. The lowest BCUT2D eigenvalue weighted by atomic mass is 9.93. The molecular weight excluding hydrogens is 554 g/mol. The molecule has 2 aliphatic rings. The number of halogens is 5. The number of piperidine rings is 1. The highest BCUT2D eigenvalue weighted by molar-refractivity contribution is 5.87. The number of aliphatic carboxylic acids is 1. The van der Waals surface area contributed by atoms with E-state index < -0.39 is 18.1 Å². The molecule has 5 rings (SSSR count). The van der Waals surface area contributed by atoms with E-state index in [1.165, 1.54) is 30.3 Å². The predicted molar refractivity (Wildman–Crippen MR) is 142 cm³/mol. The van der Waals surface area contributed by atoms with Gasteiger partial charge in [-0.3, -0.25) is 14.5 Å². The Morgan fingerprint density at radius 2 is 1.73 bits per heavy atom. The zero-order chi connectivity index (χ0) is 27.7. The van der Waals surface area contributed by atoms with Crippen LogP contribution in [0.3, 0.4) is 0 Å². The molecule has 2 aromatic carbocycles. The summed E-state index contributed by atoms with van der Waals surface area (Å²) in [5, 5.41) is 9.79. The standard InChI is InChI=1S/C28H29F4N3O4.ClH/c29-23-3-1-2-22-21-10-13-34(25(36)17-33-11-8-18(9-12-33)14-26(37)38)16-24(21)35(27(22)23)15-19-4-6-20(7-5-19)39-28(30,31)32;/h1-7,18H,8-17H2,(H,37,38);1H. The van der Waals surface area contributed by atoms with Gasteiger partial charge in [-0.1, -0.05) is 24.3 Å². The van der Waals surface area contributed by atoms with Crippen molar-refractivity contribution in [3.8, 4) is 5.75 Å². The van der Waals surface area contributed by atoms with Crippen molar-refractivity contribution >= 4 is 35.2 Å². The SMILES string of the molecule is Cl.O=C(O)CC1CCN(CC(=O)N2CCc3c(n(Cc4ccc(OC(F)(F)F)cc4)c4c(F)cccc34)C2)CC1. The minimum Gasteiger partial charge on any atom is -0.481 e. The van der Waals surface area contributed by atoms with Gasteiger partial charge in [-0.15, -0.1) is 25.6 Å². The molecule has 0 atom stereocenters. The number of aromatic nitrogens is 1. The summed E-state index contributed by atoms with van der Waals surface area (Å²) in [7, 11) is 0. The second kappa shape index (κ2) is 12.1. The van der Waals surface area contributed by atoms with Crippen LogP contribution in [0.25, 0.3) is 10.9 Å². The van der Waals surface area contributed by atoms with Crippen molar-refractivity contribution in [1.82, 2.24) is 14.4 Å². The van der Waals surface area contributed by atoms with Crippen molar-refractivity contribution in [3.63, 3.8) is 0 Å². The lowest BCUT2D eigenvalue weighted by Gasteiger charge is -2.34. The van der Waals surface area contributed by atoms with Crippen LogP contribution >= 0.6 is 12.4 Å². The summed E-state index contributed by atoms with van der Waals surface area (Å²) >= 11 is 0. The summed E-state index contributed by atoms with van der Waals surface area (Å²) in [6, 6.07) is 10.4. The zero-order valence-corrected chi connectivity index (χ0v) is 22.4. The Bertz CT molecular complexity index is 1370. The number of carboxylic acids is 1. The molecule has 1 saturated heterocycles. The van der Waals surface area contributed by atoms with Gasteiger partial charge in [-0.2, -0.15) is 0 Å². The van der Waals surface area contributed by atoms with Crippen molar-refractivity contribution in [2.24, 2.45) is 5.92 Å². The topological polar surface area (TPSA) is 75.0 Å². The van der Waals surface area contributed by atoms with E-state index in [1.54, 1.807) is 11.0 Å². The molecule has 0 unspecified atom stereocenters. The number of carbonyl (C=O) groups is 2. The highest BCUT2D eigenvalue weighted by Gasteiger charge is 2.32. The third-order valence-electron chi connectivity index (χ3n) is 7.61. The maximum Gasteiger partial charge on any atom is 0.573 e. The van der Waals surface area contributed by atoms with Crippen LogP contribution in [0.2, 0.25) is 0 Å². The lowest BCUT2D eigenvalue weighted by molar-refractivity contribution is -0.274. The smallest absolute Gasteiger partial charge is 0.481 e. The molecule has 1 N–H and O–H groups in total. The van der Waals surface area contributed by atoms with Crippen LogP contribution in [-0.2, 0) is 29.1 Å². The lowest BCUT2D eigenvalue weighted by Crippen LogP contribution is -2.45. The number of rotatable bonds is 7. The molecule has 0 spiro atoms. The summed E-state index contributed by atoms with van der Waals surface area (Å²) in [5.41, 5.74) is 2.86. The van der Waals surface area contributed by atoms with Crippen molar-refractivity contribution < 1.29 is 37.0 Å². The number of alkyl halides is 3. The first kappa shape index (κ1) is 29.7. The number of benzene rings is 2. The van der Waals surface area contributed by atoms with Crippen molar-refractivity contribution in [3.05, 3.63) is 65.1 Å². The van der Waals surface area contributed by atoms with Crippen LogP contribution in [0.1, 0.15) is 36.1 Å². The molecule has 3 heterocycles. The van der Waals surface area contributed by atoms with Crippen molar-refractivity contribution in [2.75, 3.05) is 26.2 Å². The van der Waals surface area contributed by atoms with Crippen LogP contribution in [0, 0.1) is 11.7 Å². The van der Waals surface area contributed by atoms with Gasteiger partial charge in [0.25, 0.3) is 0 Å². The minimum atomic E-state index is -4.79. The van der Waals surface area contributed by atoms with Gasteiger partial charge in [0.2, 0.25) is 5.91 Å². The van der Waals surface area contributed by atoms with E-state index in [0.717, 1.165) is 29.5 Å². The Hall–Kier alpha value is -3.31. The van der Waals surface area contributed by atoms with E-state index in [-0.39, 0.29) is 49.5 Å². The monoisotopic (exact) mass is 583 g/mol. The number of nitrogens with zero attached hydrogens (tertiary/aromatic N) is 3. The Labute approximate surface area is 234 Å². The molecular formula is C28H30ClF4N3O4. The first-order valence-corrected chi connectivity index (χ1v) is 12.9. The molecule has 216 valence electrons. The van der Waals surface area contributed by atoms with Crippen LogP contribution in [0.5, 0.6) is 5.75 Å². The van der Waals surface area contributed by atoms with Crippen molar-refractivity contribution in [2.45, 2.75) is 45.1 Å². The van der Waals surface area contributed by atoms with E-state index >= 15 is 4.39 Å². The molecule has 0 saturated carbocycles. The molecule has 0 aliphatic carbocycles. The number of carbonyl (C=O) groups excluding carboxylic acids is 1. The van der Waals surface area contributed by atoms with Gasteiger partial charge in [-0.25, -0.2) is 4.39 Å². The number of likely N-dealkylation sites (tertiary alicyclic amines) is 1. The maximum absolute atomic E-state index is 15.1. The normalized spacial score (nSPS) is 16.4. The highest BCUT2D eigenvalue weighted by Crippen LogP contribution is 2.34. The van der Waals surface area contributed by atoms with E-state index in [1.807, 2.05) is 10.6 Å². The number of hydrogen-bond donors (Lipinski definition) is 1. The summed E-state index contributed by atoms with van der Waals surface area (Å²) in [6.07, 6.45) is -2.60. The largest absolute Gasteiger partial charge is 0.573 e. The molecule has 2 aliphatic heterocycles. The second-order valence-corrected chi connectivity index (χ2v) is 10.2. The van der Waals surface area contributed by atoms with Gasteiger partial charge in [0.15, 0.2) is 0 Å². The first-order chi connectivity index (χ1) is 18.6. The predicted octanol–water partition coefficient (Wildman–Crippen LogP) is 5.22. The van der Waals surface area contributed by atoms with Crippen molar-refractivity contribution in [1.29, 1.82) is 0 Å². The van der Waals surface area contributed by atoms with Gasteiger partial charge in [0, 0.05) is 30.6 Å². The third kappa shape index (κ3) is 6.69. The van der Waals surface area contributed by atoms with Crippen LogP contribution < -0.4 is 4.74 Å². The highest BCUT2D eigenvalue weighted by atomic mass is 35.5. The summed E-state index contributed by atoms with van der Waals surface area (Å²) in [5.74, 6) is -1.44. The van der Waals surface area contributed by atoms with Gasteiger partial charge in [-0.05, 0) is 67.6 Å². The molecule has 3 aromatic rings. The van der Waals surface area contributed by atoms with E-state index in [4.69, 9.17) is 5.11 Å². The van der Waals surface area contributed by atoms with Crippen LogP contribution in [0.15, 0.2) is 42.5 Å². The average molecular weight is 584 g/mol. The zero-order valence-electron chi connectivity index (χ0n) is 21.6. The molecule has 1 fully saturated rings. The van der Waals surface area contributed by atoms with Crippen LogP contribution in [-0.4, -0.2) is 63.9 Å². The molecule has 1 aromatic heterocycles. The quantitative estimate of drug-likeness (QED) is 0.386. The number of amides is 1. The third-order valence-corrected chi connectivity index (χ3v) is 7.61. The van der Waals surface area contributed by atoms with E-state index in [0.29, 0.717) is 43.7 Å². The molecule has 1 amide bonds.